The average Bonchev–Trinajstić information content (AvgIpc) is 3.35. The molecule has 0 radical (unpaired) electrons. The summed E-state index contributed by atoms with van der Waals surface area (Å²) in [5.74, 6) is 0. The molecule has 0 amide bonds. The summed E-state index contributed by atoms with van der Waals surface area (Å²) in [5, 5.41) is 0. The van der Waals surface area contributed by atoms with Gasteiger partial charge in [-0.1, -0.05) is 91.0 Å². The largest absolute Gasteiger partial charge is 0.382 e. The highest BCUT2D eigenvalue weighted by Crippen LogP contribution is 2.50. The van der Waals surface area contributed by atoms with Crippen LogP contribution in [0.2, 0.25) is 0 Å². The van der Waals surface area contributed by atoms with E-state index in [2.05, 4.69) is 4.98 Å². The first-order chi connectivity index (χ1) is 21.3. The molecule has 44 heavy (non-hydrogen) atoms. The Kier molecular flexibility index (Phi) is 10.2. The number of ether oxygens (including phenoxy) is 3. The van der Waals surface area contributed by atoms with Crippen molar-refractivity contribution in [2.75, 3.05) is 41.9 Å². The Morgan fingerprint density at radius 1 is 0.795 bits per heavy atom. The Hall–Kier alpha value is -3.47. The quantitative estimate of drug-likeness (QED) is 0.187. The van der Waals surface area contributed by atoms with E-state index in [4.69, 9.17) is 18.7 Å². The van der Waals surface area contributed by atoms with E-state index in [-0.39, 0.29) is 6.61 Å². The number of nitrogens with one attached hydrogen (secondary N) is 1. The predicted molar refractivity (Wildman–Crippen MR) is 170 cm³/mol. The Labute approximate surface area is 258 Å². The van der Waals surface area contributed by atoms with E-state index in [0.29, 0.717) is 0 Å². The fourth-order valence-corrected chi connectivity index (χ4v) is 7.26. The molecule has 1 saturated heterocycles. The van der Waals surface area contributed by atoms with Crippen molar-refractivity contribution in [1.82, 2.24) is 18.9 Å². The van der Waals surface area contributed by atoms with Crippen molar-refractivity contribution >= 4 is 8.45 Å². The number of H-pyrrole nitrogens is 1. The summed E-state index contributed by atoms with van der Waals surface area (Å²) in [7, 11) is 8.16. The summed E-state index contributed by atoms with van der Waals surface area (Å²) in [4.78, 5) is 27.7. The summed E-state index contributed by atoms with van der Waals surface area (Å²) in [6.07, 6.45) is -1.64. The zero-order valence-electron chi connectivity index (χ0n) is 25.6. The molecule has 2 heterocycles. The van der Waals surface area contributed by atoms with Gasteiger partial charge in [0.2, 0.25) is 0 Å². The van der Waals surface area contributed by atoms with E-state index >= 15 is 0 Å². The molecule has 0 spiro atoms. The highest BCUT2D eigenvalue weighted by atomic mass is 31.2. The minimum Gasteiger partial charge on any atom is -0.382 e. The van der Waals surface area contributed by atoms with Crippen LogP contribution >= 0.6 is 8.45 Å². The van der Waals surface area contributed by atoms with Gasteiger partial charge in [0.05, 0.1) is 6.61 Å². The van der Waals surface area contributed by atoms with Crippen LogP contribution in [0.3, 0.4) is 0 Å². The second kappa shape index (κ2) is 14.1. The normalized spacial score (nSPS) is 20.5. The molecule has 4 aromatic rings. The highest BCUT2D eigenvalue weighted by Gasteiger charge is 2.53. The van der Waals surface area contributed by atoms with Crippen LogP contribution in [0.1, 0.15) is 22.9 Å². The summed E-state index contributed by atoms with van der Waals surface area (Å²) in [6.45, 7) is 0.193. The highest BCUT2D eigenvalue weighted by molar-refractivity contribution is 7.47. The van der Waals surface area contributed by atoms with Crippen molar-refractivity contribution in [2.45, 2.75) is 30.1 Å². The van der Waals surface area contributed by atoms with Gasteiger partial charge in [0.1, 0.15) is 23.9 Å². The van der Waals surface area contributed by atoms with E-state index in [0.717, 1.165) is 16.7 Å². The smallest absolute Gasteiger partial charge is 0.330 e. The van der Waals surface area contributed by atoms with Gasteiger partial charge in [0.25, 0.3) is 5.56 Å². The number of methoxy groups -OCH3 is 1. The number of hydrogen-bond donors (Lipinski definition) is 1. The lowest BCUT2D eigenvalue weighted by molar-refractivity contribution is -0.121. The molecule has 0 saturated carbocycles. The van der Waals surface area contributed by atoms with Crippen molar-refractivity contribution < 1.29 is 18.7 Å². The number of benzene rings is 3. The van der Waals surface area contributed by atoms with Crippen LogP contribution in [-0.4, -0.2) is 79.1 Å². The van der Waals surface area contributed by atoms with Gasteiger partial charge >= 0.3 is 5.69 Å². The molecule has 0 unspecified atom stereocenters. The number of rotatable bonds is 12. The predicted octanol–water partition coefficient (Wildman–Crippen LogP) is 4.19. The van der Waals surface area contributed by atoms with E-state index in [9.17, 15) is 9.59 Å². The molecular formula is C33H39N4O6P. The minimum atomic E-state index is -1.25. The van der Waals surface area contributed by atoms with Crippen LogP contribution in [0.25, 0.3) is 0 Å². The molecule has 10 nitrogen and oxygen atoms in total. The molecule has 1 fully saturated rings. The maximum absolute atomic E-state index is 13.2. The molecule has 11 heteroatoms. The summed E-state index contributed by atoms with van der Waals surface area (Å²) in [6, 6.07) is 31.3. The molecule has 1 aliphatic rings. The molecule has 1 aromatic heterocycles. The van der Waals surface area contributed by atoms with Crippen LogP contribution in [0.15, 0.2) is 113 Å². The molecule has 0 aliphatic carbocycles. The average molecular weight is 619 g/mol. The van der Waals surface area contributed by atoms with Gasteiger partial charge in [-0.15, -0.1) is 0 Å². The number of nitrogens with zero attached hydrogens (tertiary/aromatic N) is 3. The zero-order chi connectivity index (χ0) is 31.3. The van der Waals surface area contributed by atoms with Crippen LogP contribution < -0.4 is 11.2 Å². The zero-order valence-corrected chi connectivity index (χ0v) is 26.5. The molecule has 4 atom stereocenters. The van der Waals surface area contributed by atoms with Crippen LogP contribution in [0.5, 0.6) is 0 Å². The van der Waals surface area contributed by atoms with Gasteiger partial charge in [0.15, 0.2) is 14.7 Å². The minimum absolute atomic E-state index is 0.193. The van der Waals surface area contributed by atoms with E-state index in [1.807, 2.05) is 129 Å². The third-order valence-corrected chi connectivity index (χ3v) is 9.30. The fraction of sp³-hybridized carbons (Fsp3) is 0.333. The lowest BCUT2D eigenvalue weighted by atomic mass is 9.79. The standard InChI is InChI=1S/C33H39N4O6P/c1-35(2)44(36(3)4)43-29-27(23-40-5)41-31(37-22-21-28(38)34-32(37)39)30(29)42-33(24-15-9-6-10-16-24,25-17-11-7-12-18-25)26-19-13-8-14-20-26/h6-22,27,29-31H,23H2,1-5H3,(H,34,38,39)/t27-,29-,30-,31-/m1/s1. The van der Waals surface area contributed by atoms with Gasteiger partial charge in [-0.2, -0.15) is 0 Å². The van der Waals surface area contributed by atoms with Gasteiger partial charge < -0.3 is 18.7 Å². The number of aromatic nitrogens is 2. The summed E-state index contributed by atoms with van der Waals surface area (Å²) < 4.78 is 31.9. The Balaban J connectivity index is 1.76. The van der Waals surface area contributed by atoms with Crippen LogP contribution in [-0.2, 0) is 24.3 Å². The monoisotopic (exact) mass is 618 g/mol. The van der Waals surface area contributed by atoms with Crippen molar-refractivity contribution in [3.63, 3.8) is 0 Å². The van der Waals surface area contributed by atoms with Gasteiger partial charge in [-0.3, -0.25) is 23.7 Å². The van der Waals surface area contributed by atoms with E-state index in [1.165, 1.54) is 16.8 Å². The van der Waals surface area contributed by atoms with E-state index in [1.54, 1.807) is 7.11 Å². The van der Waals surface area contributed by atoms with E-state index < -0.39 is 49.8 Å². The van der Waals surface area contributed by atoms with Crippen molar-refractivity contribution in [1.29, 1.82) is 0 Å². The lowest BCUT2D eigenvalue weighted by Crippen LogP contribution is -2.46. The van der Waals surface area contributed by atoms with Crippen LogP contribution in [0.4, 0.5) is 0 Å². The first kappa shape index (κ1) is 31.9. The van der Waals surface area contributed by atoms with Gasteiger partial charge in [-0.25, -0.2) is 4.79 Å². The maximum atomic E-state index is 13.2. The second-order valence-corrected chi connectivity index (χ2v) is 13.2. The maximum Gasteiger partial charge on any atom is 0.330 e. The first-order valence-corrected chi connectivity index (χ1v) is 15.5. The molecule has 0 bridgehead atoms. The molecular weight excluding hydrogens is 579 g/mol. The summed E-state index contributed by atoms with van der Waals surface area (Å²) >= 11 is 0. The Bertz CT molecular complexity index is 1490. The third-order valence-electron chi connectivity index (χ3n) is 7.50. The molecule has 5 rings (SSSR count). The second-order valence-electron chi connectivity index (χ2n) is 10.9. The third kappa shape index (κ3) is 6.48. The SMILES string of the molecule is COC[C@H]1O[C@@H](n2ccc(=O)[nH]c2=O)[C@H](OC(c2ccccc2)(c2ccccc2)c2ccccc2)[C@@H]1OP(N(C)C)N(C)C. The van der Waals surface area contributed by atoms with Gasteiger partial charge in [0, 0.05) is 19.4 Å². The molecule has 1 aliphatic heterocycles. The van der Waals surface area contributed by atoms with Gasteiger partial charge in [-0.05, 0) is 44.9 Å². The van der Waals surface area contributed by atoms with Crippen molar-refractivity contribution in [3.05, 3.63) is 141 Å². The number of aromatic amines is 1. The molecule has 232 valence electrons. The Morgan fingerprint density at radius 3 is 1.73 bits per heavy atom. The number of hydrogen-bond acceptors (Lipinski definition) is 8. The Morgan fingerprint density at radius 2 is 1.30 bits per heavy atom. The van der Waals surface area contributed by atoms with Crippen molar-refractivity contribution in [2.24, 2.45) is 0 Å². The molecule has 1 N–H and O–H groups in total. The molecule has 3 aromatic carbocycles. The first-order valence-electron chi connectivity index (χ1n) is 14.4. The van der Waals surface area contributed by atoms with Crippen molar-refractivity contribution in [3.8, 4) is 0 Å². The summed E-state index contributed by atoms with van der Waals surface area (Å²) in [5.41, 5.74) is 0.424. The van der Waals surface area contributed by atoms with Crippen LogP contribution in [0, 0.1) is 0 Å². The lowest BCUT2D eigenvalue weighted by Gasteiger charge is -2.41. The topological polar surface area (TPSA) is 98.3 Å². The fourth-order valence-electron chi connectivity index (χ4n) is 5.69.